The van der Waals surface area contributed by atoms with Crippen molar-refractivity contribution in [2.24, 2.45) is 0 Å². The fourth-order valence-electron chi connectivity index (χ4n) is 2.46. The van der Waals surface area contributed by atoms with Crippen molar-refractivity contribution in [1.82, 2.24) is 15.1 Å². The van der Waals surface area contributed by atoms with Crippen molar-refractivity contribution in [3.8, 4) is 0 Å². The summed E-state index contributed by atoms with van der Waals surface area (Å²) in [7, 11) is 0. The number of aromatic nitrogens is 3. The van der Waals surface area contributed by atoms with Crippen molar-refractivity contribution in [2.45, 2.75) is 27.2 Å². The van der Waals surface area contributed by atoms with Gasteiger partial charge in [-0.3, -0.25) is 4.79 Å². The lowest BCUT2D eigenvalue weighted by atomic mass is 10.1. The second kappa shape index (κ2) is 7.12. The van der Waals surface area contributed by atoms with Crippen molar-refractivity contribution in [2.75, 3.05) is 10.6 Å². The molecule has 2 N–H and O–H groups in total. The Bertz CT molecular complexity index is 904. The highest BCUT2D eigenvalue weighted by molar-refractivity contribution is 6.02. The Balaban J connectivity index is 1.81. The molecule has 0 aliphatic heterocycles. The lowest BCUT2D eigenvalue weighted by molar-refractivity contribution is 0.102. The van der Waals surface area contributed by atoms with Gasteiger partial charge in [-0.15, -0.1) is 0 Å². The van der Waals surface area contributed by atoms with E-state index in [0.717, 1.165) is 23.2 Å². The maximum absolute atomic E-state index is 12.3. The molecule has 2 heterocycles. The Kier molecular flexibility index (Phi) is 4.74. The van der Waals surface area contributed by atoms with Gasteiger partial charge in [-0.2, -0.15) is 0 Å². The van der Waals surface area contributed by atoms with E-state index in [9.17, 15) is 4.79 Å². The summed E-state index contributed by atoms with van der Waals surface area (Å²) in [6, 6.07) is 9.28. The van der Waals surface area contributed by atoms with Crippen molar-refractivity contribution in [1.29, 1.82) is 0 Å². The van der Waals surface area contributed by atoms with Crippen LogP contribution in [0.2, 0.25) is 0 Å². The summed E-state index contributed by atoms with van der Waals surface area (Å²) in [4.78, 5) is 20.8. The van der Waals surface area contributed by atoms with Gasteiger partial charge in [0.25, 0.3) is 5.91 Å². The number of hydrogen-bond donors (Lipinski definition) is 2. The van der Waals surface area contributed by atoms with E-state index in [2.05, 4.69) is 38.7 Å². The van der Waals surface area contributed by atoms with Gasteiger partial charge < -0.3 is 15.2 Å². The fraction of sp³-hybridized carbons (Fsp3) is 0.222. The van der Waals surface area contributed by atoms with Gasteiger partial charge in [-0.25, -0.2) is 9.97 Å². The van der Waals surface area contributed by atoms with Crippen LogP contribution in [-0.2, 0) is 6.42 Å². The maximum Gasteiger partial charge on any atom is 0.275 e. The van der Waals surface area contributed by atoms with Gasteiger partial charge in [0, 0.05) is 18.0 Å². The molecule has 2 aromatic heterocycles. The van der Waals surface area contributed by atoms with E-state index < -0.39 is 0 Å². The highest BCUT2D eigenvalue weighted by atomic mass is 16.5. The van der Waals surface area contributed by atoms with E-state index in [0.29, 0.717) is 17.5 Å². The molecular formula is C18H19N5O2. The standard InChI is InChI=1S/C18H19N5O2/c1-4-13-7-5-6-11(2)16(13)22-18-19-9-8-14(20-18)17(24)21-15-10-12(3)25-23-15/h5-10H,4H2,1-3H3,(H,19,20,22)(H,21,23,24). The molecule has 0 bridgehead atoms. The van der Waals surface area contributed by atoms with Gasteiger partial charge >= 0.3 is 0 Å². The second-order valence-electron chi connectivity index (χ2n) is 5.63. The largest absolute Gasteiger partial charge is 0.360 e. The number of amides is 1. The first-order chi connectivity index (χ1) is 12.1. The molecule has 25 heavy (non-hydrogen) atoms. The number of benzene rings is 1. The summed E-state index contributed by atoms with van der Waals surface area (Å²) in [6.45, 7) is 5.86. The third-order valence-electron chi connectivity index (χ3n) is 3.73. The molecule has 128 valence electrons. The van der Waals surface area contributed by atoms with Gasteiger partial charge in [0.05, 0.1) is 0 Å². The number of rotatable bonds is 5. The normalized spacial score (nSPS) is 10.5. The second-order valence-corrected chi connectivity index (χ2v) is 5.63. The summed E-state index contributed by atoms with van der Waals surface area (Å²) < 4.78 is 4.93. The van der Waals surface area contributed by atoms with Crippen LogP contribution in [0.15, 0.2) is 41.1 Å². The van der Waals surface area contributed by atoms with Gasteiger partial charge in [-0.05, 0) is 37.5 Å². The van der Waals surface area contributed by atoms with Gasteiger partial charge in [-0.1, -0.05) is 30.3 Å². The topological polar surface area (TPSA) is 92.9 Å². The van der Waals surface area contributed by atoms with E-state index in [1.807, 2.05) is 19.1 Å². The Morgan fingerprint density at radius 2 is 2.08 bits per heavy atom. The Morgan fingerprint density at radius 1 is 1.24 bits per heavy atom. The molecule has 1 amide bonds. The minimum absolute atomic E-state index is 0.241. The molecule has 0 radical (unpaired) electrons. The number of nitrogens with zero attached hydrogens (tertiary/aromatic N) is 3. The molecule has 0 spiro atoms. The molecule has 3 aromatic rings. The molecule has 0 unspecified atom stereocenters. The maximum atomic E-state index is 12.3. The molecule has 0 saturated carbocycles. The Morgan fingerprint density at radius 3 is 2.80 bits per heavy atom. The molecule has 1 aromatic carbocycles. The van der Waals surface area contributed by atoms with E-state index >= 15 is 0 Å². The van der Waals surface area contributed by atoms with Crippen LogP contribution >= 0.6 is 0 Å². The number of nitrogens with one attached hydrogen (secondary N) is 2. The van der Waals surface area contributed by atoms with Crippen LogP contribution in [0.5, 0.6) is 0 Å². The number of aryl methyl sites for hydroxylation is 3. The number of hydrogen-bond acceptors (Lipinski definition) is 6. The first-order valence-electron chi connectivity index (χ1n) is 8.00. The van der Waals surface area contributed by atoms with Crippen LogP contribution in [0.1, 0.15) is 34.3 Å². The third-order valence-corrected chi connectivity index (χ3v) is 3.73. The first kappa shape index (κ1) is 16.6. The van der Waals surface area contributed by atoms with Crippen molar-refractivity contribution < 1.29 is 9.32 Å². The highest BCUT2D eigenvalue weighted by Gasteiger charge is 2.12. The average Bonchev–Trinajstić information content (AvgIpc) is 3.01. The van der Waals surface area contributed by atoms with Crippen LogP contribution in [-0.4, -0.2) is 21.0 Å². The Labute approximate surface area is 145 Å². The lowest BCUT2D eigenvalue weighted by Gasteiger charge is -2.13. The minimum Gasteiger partial charge on any atom is -0.360 e. The molecule has 0 fully saturated rings. The molecule has 7 heteroatoms. The number of carbonyl (C=O) groups is 1. The number of anilines is 3. The molecular weight excluding hydrogens is 318 g/mol. The zero-order valence-corrected chi connectivity index (χ0v) is 14.3. The Hall–Kier alpha value is -3.22. The summed E-state index contributed by atoms with van der Waals surface area (Å²) >= 11 is 0. The molecule has 3 rings (SSSR count). The summed E-state index contributed by atoms with van der Waals surface area (Å²) in [6.07, 6.45) is 2.43. The summed E-state index contributed by atoms with van der Waals surface area (Å²) in [5.74, 6) is 0.960. The average molecular weight is 337 g/mol. The van der Waals surface area contributed by atoms with Crippen molar-refractivity contribution >= 4 is 23.4 Å². The van der Waals surface area contributed by atoms with Gasteiger partial charge in [0.15, 0.2) is 5.82 Å². The predicted molar refractivity (Wildman–Crippen MR) is 95.1 cm³/mol. The van der Waals surface area contributed by atoms with Crippen LogP contribution in [0, 0.1) is 13.8 Å². The van der Waals surface area contributed by atoms with Gasteiger partial charge in [0.2, 0.25) is 5.95 Å². The SMILES string of the molecule is CCc1cccc(C)c1Nc1nccc(C(=O)Nc2cc(C)on2)n1. The molecule has 0 aliphatic rings. The van der Waals surface area contributed by atoms with E-state index in [1.165, 1.54) is 0 Å². The smallest absolute Gasteiger partial charge is 0.275 e. The van der Waals surface area contributed by atoms with Crippen LogP contribution in [0.4, 0.5) is 17.5 Å². The fourth-order valence-corrected chi connectivity index (χ4v) is 2.46. The van der Waals surface area contributed by atoms with Crippen LogP contribution in [0.3, 0.4) is 0 Å². The van der Waals surface area contributed by atoms with E-state index in [1.54, 1.807) is 25.3 Å². The highest BCUT2D eigenvalue weighted by Crippen LogP contribution is 2.23. The van der Waals surface area contributed by atoms with Crippen LogP contribution in [0.25, 0.3) is 0 Å². The monoisotopic (exact) mass is 337 g/mol. The molecule has 0 aliphatic carbocycles. The summed E-state index contributed by atoms with van der Waals surface area (Å²) in [5, 5.41) is 9.60. The molecule has 0 saturated heterocycles. The molecule has 7 nitrogen and oxygen atoms in total. The number of para-hydroxylation sites is 1. The van der Waals surface area contributed by atoms with Crippen LogP contribution < -0.4 is 10.6 Å². The molecule has 0 atom stereocenters. The van der Waals surface area contributed by atoms with Crippen molar-refractivity contribution in [3.63, 3.8) is 0 Å². The first-order valence-corrected chi connectivity index (χ1v) is 8.00. The lowest BCUT2D eigenvalue weighted by Crippen LogP contribution is -2.15. The quantitative estimate of drug-likeness (QED) is 0.738. The zero-order chi connectivity index (χ0) is 17.8. The summed E-state index contributed by atoms with van der Waals surface area (Å²) in [5.41, 5.74) is 3.46. The number of carbonyl (C=O) groups excluding carboxylic acids is 1. The third kappa shape index (κ3) is 3.82. The van der Waals surface area contributed by atoms with Crippen molar-refractivity contribution in [3.05, 3.63) is 59.1 Å². The van der Waals surface area contributed by atoms with E-state index in [4.69, 9.17) is 4.52 Å². The zero-order valence-electron chi connectivity index (χ0n) is 14.3. The predicted octanol–water partition coefficient (Wildman–Crippen LogP) is 3.64. The van der Waals surface area contributed by atoms with E-state index in [-0.39, 0.29) is 11.6 Å². The van der Waals surface area contributed by atoms with Gasteiger partial charge in [0.1, 0.15) is 11.5 Å². The minimum atomic E-state index is -0.376.